The number of fused-ring (bicyclic) bond motifs is 1. The molecular formula is C30H25ClN4O3. The van der Waals surface area contributed by atoms with E-state index in [0.717, 1.165) is 16.7 Å². The highest BCUT2D eigenvalue weighted by molar-refractivity contribution is 6.31. The van der Waals surface area contributed by atoms with E-state index in [1.54, 1.807) is 71.8 Å². The van der Waals surface area contributed by atoms with E-state index in [2.05, 4.69) is 15.6 Å². The minimum Gasteiger partial charge on any atom is -0.323 e. The molecule has 2 heterocycles. The Morgan fingerprint density at radius 1 is 1.00 bits per heavy atom. The minimum absolute atomic E-state index is 0.188. The number of hydrogen-bond acceptors (Lipinski definition) is 4. The van der Waals surface area contributed by atoms with Crippen molar-refractivity contribution in [3.05, 3.63) is 124 Å². The molecule has 1 aliphatic rings. The number of carbonyl (C=O) groups excluding carboxylic acids is 3. The van der Waals surface area contributed by atoms with Gasteiger partial charge in [-0.25, -0.2) is 4.98 Å². The predicted molar refractivity (Wildman–Crippen MR) is 147 cm³/mol. The molecule has 3 aromatic carbocycles. The van der Waals surface area contributed by atoms with E-state index >= 15 is 0 Å². The van der Waals surface area contributed by atoms with Crippen molar-refractivity contribution in [1.82, 2.24) is 9.88 Å². The maximum Gasteiger partial charge on any atom is 0.256 e. The standard InChI is InChI=1S/C30H25ClN4O3/c1-19-6-2-3-7-22(19)16-26-29(37)33-25-17-23(31)13-14-24(25)30(38)35(26)18-20-9-11-21(12-10-20)28(36)34-27-8-4-5-15-32-27/h2-15,17,26H,16,18H2,1H3,(H,33,37)(H,32,34,36). The van der Waals surface area contributed by atoms with Gasteiger partial charge in [-0.1, -0.05) is 54.1 Å². The van der Waals surface area contributed by atoms with Crippen molar-refractivity contribution in [2.24, 2.45) is 0 Å². The van der Waals surface area contributed by atoms with Gasteiger partial charge >= 0.3 is 0 Å². The monoisotopic (exact) mass is 524 g/mol. The summed E-state index contributed by atoms with van der Waals surface area (Å²) in [4.78, 5) is 45.6. The summed E-state index contributed by atoms with van der Waals surface area (Å²) in [6.45, 7) is 2.17. The third kappa shape index (κ3) is 5.43. The van der Waals surface area contributed by atoms with Crippen LogP contribution >= 0.6 is 11.6 Å². The lowest BCUT2D eigenvalue weighted by atomic mass is 9.99. The zero-order valence-electron chi connectivity index (χ0n) is 20.6. The van der Waals surface area contributed by atoms with Crippen LogP contribution < -0.4 is 10.6 Å². The summed E-state index contributed by atoms with van der Waals surface area (Å²) in [6, 6.07) is 24.2. The second-order valence-corrected chi connectivity index (χ2v) is 9.56. The predicted octanol–water partition coefficient (Wildman–Crippen LogP) is 5.50. The molecule has 38 heavy (non-hydrogen) atoms. The molecule has 5 rings (SSSR count). The van der Waals surface area contributed by atoms with Crippen LogP contribution in [0.15, 0.2) is 91.1 Å². The lowest BCUT2D eigenvalue weighted by molar-refractivity contribution is -0.120. The van der Waals surface area contributed by atoms with Crippen LogP contribution in [0.5, 0.6) is 0 Å². The number of benzene rings is 3. The highest BCUT2D eigenvalue weighted by Crippen LogP contribution is 2.29. The zero-order chi connectivity index (χ0) is 26.6. The highest BCUT2D eigenvalue weighted by atomic mass is 35.5. The number of halogens is 1. The lowest BCUT2D eigenvalue weighted by Crippen LogP contribution is -2.46. The summed E-state index contributed by atoms with van der Waals surface area (Å²) in [5.41, 5.74) is 4.04. The maximum atomic E-state index is 13.8. The second-order valence-electron chi connectivity index (χ2n) is 9.12. The molecule has 0 saturated heterocycles. The van der Waals surface area contributed by atoms with Crippen LogP contribution in [-0.4, -0.2) is 33.6 Å². The van der Waals surface area contributed by atoms with Gasteiger partial charge in [0.05, 0.1) is 11.3 Å². The first-order valence-electron chi connectivity index (χ1n) is 12.2. The molecule has 0 aliphatic carbocycles. The summed E-state index contributed by atoms with van der Waals surface area (Å²) in [7, 11) is 0. The quantitative estimate of drug-likeness (QED) is 0.348. The third-order valence-corrected chi connectivity index (χ3v) is 6.79. The van der Waals surface area contributed by atoms with E-state index in [1.807, 2.05) is 31.2 Å². The first-order valence-corrected chi connectivity index (χ1v) is 12.5. The molecule has 190 valence electrons. The summed E-state index contributed by atoms with van der Waals surface area (Å²) in [5, 5.41) is 6.09. The largest absolute Gasteiger partial charge is 0.323 e. The Balaban J connectivity index is 1.43. The SMILES string of the molecule is Cc1ccccc1CC1C(=O)Nc2cc(Cl)ccc2C(=O)N1Cc1ccc(C(=O)Nc2ccccn2)cc1. The van der Waals surface area contributed by atoms with Crippen LogP contribution in [0.25, 0.3) is 0 Å². The van der Waals surface area contributed by atoms with Gasteiger partial charge < -0.3 is 15.5 Å². The zero-order valence-corrected chi connectivity index (χ0v) is 21.4. The number of aryl methyl sites for hydroxylation is 1. The van der Waals surface area contributed by atoms with Crippen LogP contribution in [0.4, 0.5) is 11.5 Å². The van der Waals surface area contributed by atoms with Crippen molar-refractivity contribution in [3.63, 3.8) is 0 Å². The molecule has 1 atom stereocenters. The second kappa shape index (κ2) is 10.9. The fraction of sp³-hybridized carbons (Fsp3) is 0.133. The number of carbonyl (C=O) groups is 3. The Morgan fingerprint density at radius 2 is 1.76 bits per heavy atom. The van der Waals surface area contributed by atoms with E-state index < -0.39 is 6.04 Å². The molecule has 0 fully saturated rings. The van der Waals surface area contributed by atoms with Crippen LogP contribution in [0.1, 0.15) is 37.4 Å². The van der Waals surface area contributed by atoms with Gasteiger partial charge in [-0.15, -0.1) is 0 Å². The minimum atomic E-state index is -0.748. The number of amides is 3. The van der Waals surface area contributed by atoms with Gasteiger partial charge in [-0.2, -0.15) is 0 Å². The van der Waals surface area contributed by atoms with Crippen LogP contribution in [0.2, 0.25) is 5.02 Å². The average molecular weight is 525 g/mol. The molecular weight excluding hydrogens is 500 g/mol. The fourth-order valence-corrected chi connectivity index (χ4v) is 4.65. The normalized spacial score (nSPS) is 14.9. The van der Waals surface area contributed by atoms with Crippen molar-refractivity contribution >= 4 is 40.8 Å². The first-order chi connectivity index (χ1) is 18.4. The number of aromatic nitrogens is 1. The summed E-state index contributed by atoms with van der Waals surface area (Å²) in [5.74, 6) is -0.385. The topological polar surface area (TPSA) is 91.4 Å². The number of nitrogens with zero attached hydrogens (tertiary/aromatic N) is 2. The molecule has 7 nitrogen and oxygen atoms in total. The van der Waals surface area contributed by atoms with Gasteiger partial charge in [-0.05, 0) is 66.1 Å². The smallest absolute Gasteiger partial charge is 0.256 e. The van der Waals surface area contributed by atoms with Gasteiger partial charge in [0.2, 0.25) is 5.91 Å². The Kier molecular flexibility index (Phi) is 7.20. The third-order valence-electron chi connectivity index (χ3n) is 6.56. The average Bonchev–Trinajstić information content (AvgIpc) is 3.00. The maximum absolute atomic E-state index is 13.8. The van der Waals surface area contributed by atoms with Crippen LogP contribution in [0.3, 0.4) is 0 Å². The van der Waals surface area contributed by atoms with Gasteiger partial charge in [-0.3, -0.25) is 14.4 Å². The Labute approximate surface area is 225 Å². The molecule has 0 radical (unpaired) electrons. The fourth-order valence-electron chi connectivity index (χ4n) is 4.48. The molecule has 0 spiro atoms. The van der Waals surface area contributed by atoms with Crippen molar-refractivity contribution in [1.29, 1.82) is 0 Å². The summed E-state index contributed by atoms with van der Waals surface area (Å²) < 4.78 is 0. The van der Waals surface area contributed by atoms with Crippen LogP contribution in [0, 0.1) is 6.92 Å². The molecule has 4 aromatic rings. The Morgan fingerprint density at radius 3 is 2.50 bits per heavy atom. The van der Waals surface area contributed by atoms with E-state index in [4.69, 9.17) is 11.6 Å². The number of rotatable bonds is 6. The molecule has 3 amide bonds. The Bertz CT molecular complexity index is 1510. The lowest BCUT2D eigenvalue weighted by Gasteiger charge is -2.29. The molecule has 0 saturated carbocycles. The van der Waals surface area contributed by atoms with E-state index in [-0.39, 0.29) is 24.3 Å². The molecule has 1 unspecified atom stereocenters. The summed E-state index contributed by atoms with van der Waals surface area (Å²) >= 11 is 6.16. The van der Waals surface area contributed by atoms with E-state index in [9.17, 15) is 14.4 Å². The molecule has 8 heteroatoms. The van der Waals surface area contributed by atoms with Crippen molar-refractivity contribution < 1.29 is 14.4 Å². The van der Waals surface area contributed by atoms with Gasteiger partial charge in [0.15, 0.2) is 0 Å². The highest BCUT2D eigenvalue weighted by Gasteiger charge is 2.35. The van der Waals surface area contributed by atoms with E-state index in [0.29, 0.717) is 34.1 Å². The molecule has 2 N–H and O–H groups in total. The van der Waals surface area contributed by atoms with Crippen molar-refractivity contribution in [2.45, 2.75) is 25.9 Å². The number of nitrogens with one attached hydrogen (secondary N) is 2. The van der Waals surface area contributed by atoms with E-state index in [1.165, 1.54) is 0 Å². The number of anilines is 2. The first kappa shape index (κ1) is 25.2. The molecule has 1 aromatic heterocycles. The molecule has 0 bridgehead atoms. The molecule has 1 aliphatic heterocycles. The summed E-state index contributed by atoms with van der Waals surface area (Å²) in [6.07, 6.45) is 1.96. The van der Waals surface area contributed by atoms with Crippen molar-refractivity contribution in [3.8, 4) is 0 Å². The Hall–Kier alpha value is -4.49. The van der Waals surface area contributed by atoms with Crippen LogP contribution in [-0.2, 0) is 17.8 Å². The number of pyridine rings is 1. The van der Waals surface area contributed by atoms with Gasteiger partial charge in [0.1, 0.15) is 11.9 Å². The van der Waals surface area contributed by atoms with Gasteiger partial charge in [0, 0.05) is 29.7 Å². The van der Waals surface area contributed by atoms with Gasteiger partial charge in [0.25, 0.3) is 11.8 Å². The number of hydrogen-bond donors (Lipinski definition) is 2. The van der Waals surface area contributed by atoms with Crippen molar-refractivity contribution in [2.75, 3.05) is 10.6 Å².